The minimum Gasteiger partial charge on any atom is -0.504 e. The zero-order valence-electron chi connectivity index (χ0n) is 13.4. The van der Waals surface area contributed by atoms with E-state index in [0.717, 1.165) is 0 Å². The Labute approximate surface area is 151 Å². The van der Waals surface area contributed by atoms with E-state index in [2.05, 4.69) is 0 Å². The number of phenols is 9. The van der Waals surface area contributed by atoms with E-state index in [-0.39, 0.29) is 11.1 Å². The molecule has 3 aromatic rings. The highest BCUT2D eigenvalue weighted by Crippen LogP contribution is 2.62. The molecule has 0 aliphatic rings. The summed E-state index contributed by atoms with van der Waals surface area (Å²) in [5.41, 5.74) is -1.57. The van der Waals surface area contributed by atoms with Crippen LogP contribution in [0.4, 0.5) is 0 Å². The van der Waals surface area contributed by atoms with Crippen molar-refractivity contribution >= 4 is 0 Å². The van der Waals surface area contributed by atoms with E-state index in [1.54, 1.807) is 18.2 Å². The van der Waals surface area contributed by atoms with Crippen LogP contribution < -0.4 is 0 Å². The minimum absolute atomic E-state index is 0.182. The fourth-order valence-electron chi connectivity index (χ4n) is 2.75. The summed E-state index contributed by atoms with van der Waals surface area (Å²) in [5, 5.41) is 89.8. The zero-order chi connectivity index (χ0) is 20.0. The van der Waals surface area contributed by atoms with Crippen LogP contribution in [-0.2, 0) is 0 Å². The molecular weight excluding hydrogens is 360 g/mol. The largest absolute Gasteiger partial charge is 0.504 e. The Kier molecular flexibility index (Phi) is 3.92. The molecule has 9 N–H and O–H groups in total. The highest BCUT2D eigenvalue weighted by atomic mass is 16.4. The second kappa shape index (κ2) is 5.99. The van der Waals surface area contributed by atoms with E-state index in [0.29, 0.717) is 0 Å². The molecule has 0 unspecified atom stereocenters. The van der Waals surface area contributed by atoms with Gasteiger partial charge < -0.3 is 46.0 Å². The highest BCUT2D eigenvalue weighted by molar-refractivity contribution is 6.00. The molecule has 0 heterocycles. The van der Waals surface area contributed by atoms with Crippen LogP contribution in [0.1, 0.15) is 0 Å². The summed E-state index contributed by atoms with van der Waals surface area (Å²) in [6.07, 6.45) is 0. The number of phenolic OH excluding ortho intramolecular Hbond substituents is 9. The summed E-state index contributed by atoms with van der Waals surface area (Å²) < 4.78 is 0. The zero-order valence-corrected chi connectivity index (χ0v) is 13.4. The molecule has 140 valence electrons. The van der Waals surface area contributed by atoms with Gasteiger partial charge in [0.1, 0.15) is 0 Å². The van der Waals surface area contributed by atoms with Gasteiger partial charge in [0.2, 0.25) is 28.7 Å². The van der Waals surface area contributed by atoms with Gasteiger partial charge >= 0.3 is 0 Å². The Morgan fingerprint density at radius 3 is 1.11 bits per heavy atom. The monoisotopic (exact) mass is 374 g/mol. The number of benzene rings is 3. The van der Waals surface area contributed by atoms with Crippen LogP contribution in [0.25, 0.3) is 22.3 Å². The molecular formula is C18H14O9. The molecule has 0 aromatic heterocycles. The van der Waals surface area contributed by atoms with Gasteiger partial charge in [-0.2, -0.15) is 0 Å². The molecule has 27 heavy (non-hydrogen) atoms. The predicted octanol–water partition coefficient (Wildman–Crippen LogP) is 2.37. The Balaban J connectivity index is 2.57. The number of aromatic hydroxyl groups is 9. The second-order valence-corrected chi connectivity index (χ2v) is 5.63. The van der Waals surface area contributed by atoms with E-state index >= 15 is 0 Å². The fourth-order valence-corrected chi connectivity index (χ4v) is 2.75. The van der Waals surface area contributed by atoms with E-state index in [1.807, 2.05) is 0 Å². The first-order chi connectivity index (χ1) is 12.7. The quantitative estimate of drug-likeness (QED) is 0.240. The van der Waals surface area contributed by atoms with Crippen molar-refractivity contribution in [3.05, 3.63) is 30.3 Å². The topological polar surface area (TPSA) is 182 Å². The second-order valence-electron chi connectivity index (χ2n) is 5.63. The summed E-state index contributed by atoms with van der Waals surface area (Å²) in [6.45, 7) is 0. The standard InChI is InChI=1S/C18H14O9/c19-10-7(6-4-2-1-3-5-6)8(11(20)15(24)14(10)23)9-12(21)16(25)18(27)17(26)13(9)22/h1-5,19-27H. The lowest BCUT2D eigenvalue weighted by molar-refractivity contribution is 0.329. The molecule has 9 nitrogen and oxygen atoms in total. The van der Waals surface area contributed by atoms with E-state index in [4.69, 9.17) is 0 Å². The number of hydrogen-bond donors (Lipinski definition) is 9. The van der Waals surface area contributed by atoms with Crippen LogP contribution in [0, 0.1) is 0 Å². The van der Waals surface area contributed by atoms with Gasteiger partial charge in [-0.15, -0.1) is 0 Å². The summed E-state index contributed by atoms with van der Waals surface area (Å²) in [5.74, 6) is -10.2. The third-order valence-corrected chi connectivity index (χ3v) is 4.08. The van der Waals surface area contributed by atoms with Gasteiger partial charge in [0.15, 0.2) is 23.0 Å². The molecule has 0 saturated heterocycles. The van der Waals surface area contributed by atoms with Crippen LogP contribution in [0.2, 0.25) is 0 Å². The van der Waals surface area contributed by atoms with E-state index in [9.17, 15) is 46.0 Å². The van der Waals surface area contributed by atoms with Gasteiger partial charge in [-0.3, -0.25) is 0 Å². The summed E-state index contributed by atoms with van der Waals surface area (Å²) >= 11 is 0. The highest BCUT2D eigenvalue weighted by Gasteiger charge is 2.32. The van der Waals surface area contributed by atoms with Gasteiger partial charge in [-0.05, 0) is 5.56 Å². The predicted molar refractivity (Wildman–Crippen MR) is 92.3 cm³/mol. The number of rotatable bonds is 2. The van der Waals surface area contributed by atoms with Gasteiger partial charge in [0.05, 0.1) is 5.56 Å². The van der Waals surface area contributed by atoms with Gasteiger partial charge in [0.25, 0.3) is 0 Å². The van der Waals surface area contributed by atoms with Crippen molar-refractivity contribution < 1.29 is 46.0 Å². The number of hydrogen-bond acceptors (Lipinski definition) is 9. The Bertz CT molecular complexity index is 1030. The molecule has 3 aromatic carbocycles. The third-order valence-electron chi connectivity index (χ3n) is 4.08. The minimum atomic E-state index is -1.22. The Hall–Kier alpha value is -4.14. The fraction of sp³-hybridized carbons (Fsp3) is 0. The lowest BCUT2D eigenvalue weighted by atomic mass is 9.90. The lowest BCUT2D eigenvalue weighted by Crippen LogP contribution is -1.92. The van der Waals surface area contributed by atoms with Crippen LogP contribution in [-0.4, -0.2) is 46.0 Å². The molecule has 9 heteroatoms. The first-order valence-corrected chi connectivity index (χ1v) is 7.42. The van der Waals surface area contributed by atoms with Crippen LogP contribution in [0.15, 0.2) is 30.3 Å². The smallest absolute Gasteiger partial charge is 0.208 e. The average molecular weight is 374 g/mol. The lowest BCUT2D eigenvalue weighted by Gasteiger charge is -2.19. The normalized spacial score (nSPS) is 10.8. The molecule has 0 aliphatic heterocycles. The molecule has 0 radical (unpaired) electrons. The van der Waals surface area contributed by atoms with E-state index in [1.165, 1.54) is 12.1 Å². The molecule has 3 rings (SSSR count). The van der Waals surface area contributed by atoms with Crippen molar-refractivity contribution in [1.82, 2.24) is 0 Å². The Morgan fingerprint density at radius 1 is 0.333 bits per heavy atom. The van der Waals surface area contributed by atoms with Crippen LogP contribution in [0.5, 0.6) is 51.7 Å². The third kappa shape index (κ3) is 2.41. The van der Waals surface area contributed by atoms with Gasteiger partial charge in [0, 0.05) is 11.1 Å². The SMILES string of the molecule is Oc1c(O)c(O)c(-c2c(O)c(O)c(O)c(O)c2-c2ccccc2)c(O)c1O. The first-order valence-electron chi connectivity index (χ1n) is 7.42. The molecule has 0 amide bonds. The molecule has 0 saturated carbocycles. The molecule has 0 bridgehead atoms. The van der Waals surface area contributed by atoms with Crippen molar-refractivity contribution in [3.63, 3.8) is 0 Å². The molecule has 0 fully saturated rings. The van der Waals surface area contributed by atoms with Crippen LogP contribution in [0.3, 0.4) is 0 Å². The maximum Gasteiger partial charge on any atom is 0.208 e. The van der Waals surface area contributed by atoms with Crippen molar-refractivity contribution in [2.45, 2.75) is 0 Å². The summed E-state index contributed by atoms with van der Waals surface area (Å²) in [7, 11) is 0. The van der Waals surface area contributed by atoms with E-state index < -0.39 is 62.9 Å². The average Bonchev–Trinajstić information content (AvgIpc) is 2.68. The maximum atomic E-state index is 10.3. The van der Waals surface area contributed by atoms with Crippen molar-refractivity contribution in [2.75, 3.05) is 0 Å². The van der Waals surface area contributed by atoms with Crippen molar-refractivity contribution in [2.24, 2.45) is 0 Å². The molecule has 0 spiro atoms. The summed E-state index contributed by atoms with van der Waals surface area (Å²) in [6, 6.07) is 7.62. The van der Waals surface area contributed by atoms with Gasteiger partial charge in [-0.25, -0.2) is 0 Å². The summed E-state index contributed by atoms with van der Waals surface area (Å²) in [4.78, 5) is 0. The van der Waals surface area contributed by atoms with Gasteiger partial charge in [-0.1, -0.05) is 30.3 Å². The molecule has 0 atom stereocenters. The van der Waals surface area contributed by atoms with Crippen molar-refractivity contribution in [1.29, 1.82) is 0 Å². The van der Waals surface area contributed by atoms with Crippen molar-refractivity contribution in [3.8, 4) is 74.0 Å². The van der Waals surface area contributed by atoms with Crippen LogP contribution >= 0.6 is 0 Å². The Morgan fingerprint density at radius 2 is 0.667 bits per heavy atom. The molecule has 0 aliphatic carbocycles. The first kappa shape index (κ1) is 17.7. The maximum absolute atomic E-state index is 10.3.